The van der Waals surface area contributed by atoms with Crippen LogP contribution in [0.15, 0.2) is 24.4 Å². The fourth-order valence-electron chi connectivity index (χ4n) is 3.50. The number of aliphatic hydroxyl groups is 1. The molecule has 0 saturated carbocycles. The van der Waals surface area contributed by atoms with Crippen LogP contribution in [-0.4, -0.2) is 44.7 Å². The van der Waals surface area contributed by atoms with Crippen molar-refractivity contribution >= 4 is 12.0 Å². The van der Waals surface area contributed by atoms with E-state index >= 15 is 0 Å². The lowest BCUT2D eigenvalue weighted by molar-refractivity contribution is -0.140. The van der Waals surface area contributed by atoms with Crippen molar-refractivity contribution in [1.29, 1.82) is 0 Å². The Balaban J connectivity index is 1.80. The summed E-state index contributed by atoms with van der Waals surface area (Å²) in [7, 11) is 0. The first kappa shape index (κ1) is 23.7. The van der Waals surface area contributed by atoms with Crippen molar-refractivity contribution in [3.63, 3.8) is 0 Å². The van der Waals surface area contributed by atoms with E-state index in [1.165, 1.54) is 11.8 Å². The van der Waals surface area contributed by atoms with E-state index < -0.39 is 41.3 Å². The van der Waals surface area contributed by atoms with Gasteiger partial charge in [-0.25, -0.2) is 19.2 Å². The second kappa shape index (κ2) is 9.27. The lowest BCUT2D eigenvalue weighted by atomic mass is 9.98. The third kappa shape index (κ3) is 5.26. The van der Waals surface area contributed by atoms with Crippen LogP contribution >= 0.6 is 0 Å². The Kier molecular flexibility index (Phi) is 6.87. The maximum absolute atomic E-state index is 14.6. The summed E-state index contributed by atoms with van der Waals surface area (Å²) in [6.45, 7) is 5.61. The highest BCUT2D eigenvalue weighted by atomic mass is 19.4. The first-order valence-corrected chi connectivity index (χ1v) is 10.2. The largest absolute Gasteiger partial charge is 0.419 e. The van der Waals surface area contributed by atoms with Gasteiger partial charge in [0, 0.05) is 24.3 Å². The summed E-state index contributed by atoms with van der Waals surface area (Å²) < 4.78 is 53.8. The number of fused-ring (bicyclic) bond motifs is 1. The SMILES string of the molecule is CC(C)Nc1ncc2c(n1)CN(C(=O)N[C@@H](c1cccc(C(F)(F)F)c1F)[C@H](C)O)CC2. The molecule has 0 bridgehead atoms. The molecule has 0 spiro atoms. The summed E-state index contributed by atoms with van der Waals surface area (Å²) in [6, 6.07) is 0.879. The van der Waals surface area contributed by atoms with E-state index in [9.17, 15) is 27.5 Å². The van der Waals surface area contributed by atoms with E-state index in [2.05, 4.69) is 20.6 Å². The Morgan fingerprint density at radius 2 is 1.97 bits per heavy atom. The average molecular weight is 455 g/mol. The second-order valence-electron chi connectivity index (χ2n) is 8.01. The fraction of sp³-hybridized carbons (Fsp3) is 0.476. The molecule has 0 unspecified atom stereocenters. The number of carbonyl (C=O) groups is 1. The van der Waals surface area contributed by atoms with Gasteiger partial charge in [0.05, 0.1) is 29.9 Å². The number of alkyl halides is 3. The first-order valence-electron chi connectivity index (χ1n) is 10.2. The molecule has 2 aromatic rings. The summed E-state index contributed by atoms with van der Waals surface area (Å²) in [5.41, 5.74) is -0.363. The van der Waals surface area contributed by atoms with Gasteiger partial charge in [-0.15, -0.1) is 0 Å². The number of nitrogens with zero attached hydrogens (tertiary/aromatic N) is 3. The van der Waals surface area contributed by atoms with Crippen LogP contribution < -0.4 is 10.6 Å². The van der Waals surface area contributed by atoms with Gasteiger partial charge in [0.25, 0.3) is 0 Å². The fourth-order valence-corrected chi connectivity index (χ4v) is 3.50. The molecule has 1 aromatic carbocycles. The molecule has 0 aliphatic carbocycles. The molecule has 0 radical (unpaired) electrons. The molecule has 0 saturated heterocycles. The number of urea groups is 1. The smallest absolute Gasteiger partial charge is 0.391 e. The van der Waals surface area contributed by atoms with E-state index in [0.717, 1.165) is 17.7 Å². The van der Waals surface area contributed by atoms with Gasteiger partial charge in [0.1, 0.15) is 5.82 Å². The van der Waals surface area contributed by atoms with Crippen molar-refractivity contribution < 1.29 is 27.5 Å². The van der Waals surface area contributed by atoms with Gasteiger partial charge >= 0.3 is 12.2 Å². The molecule has 3 N–H and O–H groups in total. The summed E-state index contributed by atoms with van der Waals surface area (Å²) in [5, 5.41) is 15.7. The minimum atomic E-state index is -4.90. The van der Waals surface area contributed by atoms with Crippen molar-refractivity contribution in [2.75, 3.05) is 11.9 Å². The number of benzene rings is 1. The summed E-state index contributed by atoms with van der Waals surface area (Å²) in [5.74, 6) is -1.10. The zero-order valence-electron chi connectivity index (χ0n) is 17.9. The Bertz CT molecular complexity index is 981. The number of halogens is 4. The molecule has 2 heterocycles. The van der Waals surface area contributed by atoms with Gasteiger partial charge in [-0.05, 0) is 38.8 Å². The van der Waals surface area contributed by atoms with Crippen molar-refractivity contribution in [1.82, 2.24) is 20.2 Å². The van der Waals surface area contributed by atoms with Crippen molar-refractivity contribution in [3.05, 3.63) is 52.6 Å². The molecule has 2 amide bonds. The van der Waals surface area contributed by atoms with Crippen LogP contribution in [0.2, 0.25) is 0 Å². The Hall–Kier alpha value is -2.95. The van der Waals surface area contributed by atoms with E-state index in [0.29, 0.717) is 30.7 Å². The van der Waals surface area contributed by atoms with Crippen LogP contribution in [0.5, 0.6) is 0 Å². The summed E-state index contributed by atoms with van der Waals surface area (Å²) >= 11 is 0. The monoisotopic (exact) mass is 455 g/mol. The molecule has 1 aromatic heterocycles. The molecule has 11 heteroatoms. The minimum absolute atomic E-state index is 0.116. The normalized spacial score (nSPS) is 15.8. The van der Waals surface area contributed by atoms with E-state index in [1.54, 1.807) is 6.20 Å². The molecule has 3 rings (SSSR count). The lowest BCUT2D eigenvalue weighted by Gasteiger charge is -2.31. The standard InChI is InChI=1S/C21H25F4N5O2/c1-11(2)27-19-26-9-13-7-8-30(10-16(13)28-19)20(32)29-18(12(3)31)14-5-4-6-15(17(14)22)21(23,24)25/h4-6,9,11-12,18,31H,7-8,10H2,1-3H3,(H,29,32)(H,26,27,28)/t12-,18+/m0/s1. The second-order valence-corrected chi connectivity index (χ2v) is 8.01. The van der Waals surface area contributed by atoms with Gasteiger partial charge in [-0.2, -0.15) is 13.2 Å². The van der Waals surface area contributed by atoms with E-state index in [1.807, 2.05) is 13.8 Å². The molecular weight excluding hydrogens is 430 g/mol. The maximum atomic E-state index is 14.6. The summed E-state index contributed by atoms with van der Waals surface area (Å²) in [4.78, 5) is 22.9. The molecule has 7 nitrogen and oxygen atoms in total. The molecule has 174 valence electrons. The van der Waals surface area contributed by atoms with Crippen LogP contribution in [0.25, 0.3) is 0 Å². The van der Waals surface area contributed by atoms with Crippen LogP contribution in [0.3, 0.4) is 0 Å². The van der Waals surface area contributed by atoms with Crippen LogP contribution in [0, 0.1) is 5.82 Å². The number of anilines is 1. The number of aliphatic hydroxyl groups excluding tert-OH is 1. The number of amides is 2. The highest BCUT2D eigenvalue weighted by molar-refractivity contribution is 5.75. The van der Waals surface area contributed by atoms with Gasteiger partial charge in [-0.3, -0.25) is 0 Å². The van der Waals surface area contributed by atoms with Crippen molar-refractivity contribution in [3.8, 4) is 0 Å². The number of hydrogen-bond donors (Lipinski definition) is 3. The van der Waals surface area contributed by atoms with Gasteiger partial charge in [0.15, 0.2) is 0 Å². The Labute approximate surface area is 182 Å². The molecule has 1 aliphatic heterocycles. The predicted octanol–water partition coefficient (Wildman–Crippen LogP) is 3.64. The average Bonchev–Trinajstić information content (AvgIpc) is 2.70. The Morgan fingerprint density at radius 1 is 1.25 bits per heavy atom. The van der Waals surface area contributed by atoms with Gasteiger partial charge in [-0.1, -0.05) is 12.1 Å². The quantitative estimate of drug-likeness (QED) is 0.599. The van der Waals surface area contributed by atoms with Crippen LogP contribution in [0.1, 0.15) is 49.2 Å². The number of rotatable bonds is 5. The van der Waals surface area contributed by atoms with Gasteiger partial charge in [0.2, 0.25) is 5.95 Å². The van der Waals surface area contributed by atoms with Crippen LogP contribution in [-0.2, 0) is 19.1 Å². The number of aromatic nitrogens is 2. The zero-order valence-corrected chi connectivity index (χ0v) is 17.9. The molecule has 32 heavy (non-hydrogen) atoms. The Morgan fingerprint density at radius 3 is 2.59 bits per heavy atom. The predicted molar refractivity (Wildman–Crippen MR) is 109 cm³/mol. The molecular formula is C21H25F4N5O2. The minimum Gasteiger partial charge on any atom is -0.391 e. The number of carbonyl (C=O) groups excluding carboxylic acids is 1. The van der Waals surface area contributed by atoms with Crippen molar-refractivity contribution in [2.24, 2.45) is 0 Å². The van der Waals surface area contributed by atoms with E-state index in [-0.39, 0.29) is 12.6 Å². The van der Waals surface area contributed by atoms with Crippen molar-refractivity contribution in [2.45, 2.75) is 58.1 Å². The highest BCUT2D eigenvalue weighted by Gasteiger charge is 2.37. The van der Waals surface area contributed by atoms with Crippen LogP contribution in [0.4, 0.5) is 28.3 Å². The highest BCUT2D eigenvalue weighted by Crippen LogP contribution is 2.34. The molecule has 0 fully saturated rings. The third-order valence-corrected chi connectivity index (χ3v) is 5.08. The zero-order chi connectivity index (χ0) is 23.6. The van der Waals surface area contributed by atoms with Gasteiger partial charge < -0.3 is 20.6 Å². The molecule has 2 atom stereocenters. The maximum Gasteiger partial charge on any atom is 0.419 e. The first-order chi connectivity index (χ1) is 15.0. The third-order valence-electron chi connectivity index (χ3n) is 5.08. The lowest BCUT2D eigenvalue weighted by Crippen LogP contribution is -2.46. The molecule has 1 aliphatic rings. The number of hydrogen-bond acceptors (Lipinski definition) is 5. The van der Waals surface area contributed by atoms with E-state index in [4.69, 9.17) is 0 Å². The number of nitrogens with one attached hydrogen (secondary N) is 2. The topological polar surface area (TPSA) is 90.4 Å². The summed E-state index contributed by atoms with van der Waals surface area (Å²) in [6.07, 6.45) is -4.05.